The second kappa shape index (κ2) is 7.13. The molecule has 1 aliphatic rings. The van der Waals surface area contributed by atoms with Crippen LogP contribution in [0.3, 0.4) is 0 Å². The Hall–Kier alpha value is -1.88. The number of fused-ring (bicyclic) bond motifs is 1. The van der Waals surface area contributed by atoms with E-state index in [4.69, 9.17) is 5.73 Å². The van der Waals surface area contributed by atoms with E-state index in [2.05, 4.69) is 0 Å². The first-order valence-corrected chi connectivity index (χ1v) is 8.22. The quantitative estimate of drug-likeness (QED) is 0.896. The van der Waals surface area contributed by atoms with Gasteiger partial charge in [-0.05, 0) is 45.2 Å². The average Bonchev–Trinajstić information content (AvgIpc) is 2.45. The van der Waals surface area contributed by atoms with Crippen molar-refractivity contribution in [3.05, 3.63) is 35.4 Å². The van der Waals surface area contributed by atoms with Gasteiger partial charge in [0.25, 0.3) is 0 Å². The first kappa shape index (κ1) is 17.5. The van der Waals surface area contributed by atoms with Crippen molar-refractivity contribution in [2.24, 2.45) is 5.73 Å². The Bertz CT molecular complexity index is 575. The fourth-order valence-electron chi connectivity index (χ4n) is 3.45. The van der Waals surface area contributed by atoms with Crippen LogP contribution in [0.15, 0.2) is 24.3 Å². The van der Waals surface area contributed by atoms with Gasteiger partial charge < -0.3 is 10.6 Å². The first-order chi connectivity index (χ1) is 10.8. The van der Waals surface area contributed by atoms with Crippen LogP contribution >= 0.6 is 0 Å². The highest BCUT2D eigenvalue weighted by molar-refractivity contribution is 5.83. The fraction of sp³-hybridized carbons (Fsp3) is 0.556. The van der Waals surface area contributed by atoms with Gasteiger partial charge in [0.15, 0.2) is 0 Å². The van der Waals surface area contributed by atoms with E-state index in [0.29, 0.717) is 13.0 Å². The second-order valence-electron chi connectivity index (χ2n) is 6.78. The molecule has 0 aliphatic carbocycles. The summed E-state index contributed by atoms with van der Waals surface area (Å²) in [4.78, 5) is 28.3. The molecule has 2 N–H and O–H groups in total. The predicted octanol–water partition coefficient (Wildman–Crippen LogP) is 1.54. The minimum absolute atomic E-state index is 0.0423. The zero-order valence-corrected chi connectivity index (χ0v) is 14.5. The van der Waals surface area contributed by atoms with Crippen LogP contribution in [-0.4, -0.2) is 46.3 Å². The lowest BCUT2D eigenvalue weighted by Gasteiger charge is -2.38. The lowest BCUT2D eigenvalue weighted by molar-refractivity contribution is -0.138. The van der Waals surface area contributed by atoms with E-state index in [1.807, 2.05) is 61.8 Å². The Kier molecular flexibility index (Phi) is 5.42. The van der Waals surface area contributed by atoms with Crippen molar-refractivity contribution < 1.29 is 9.59 Å². The van der Waals surface area contributed by atoms with Crippen LogP contribution in [-0.2, 0) is 22.6 Å². The Morgan fingerprint density at radius 3 is 2.26 bits per heavy atom. The van der Waals surface area contributed by atoms with Crippen molar-refractivity contribution in [2.45, 2.75) is 58.8 Å². The van der Waals surface area contributed by atoms with Crippen LogP contribution in [0.4, 0.5) is 0 Å². The number of carbonyl (C=O) groups excluding carboxylic acids is 2. The Morgan fingerprint density at radius 1 is 1.17 bits per heavy atom. The molecule has 1 aliphatic heterocycles. The van der Waals surface area contributed by atoms with E-state index >= 15 is 0 Å². The molecule has 2 rings (SSSR count). The number of primary amides is 1. The number of nitrogens with zero attached hydrogens (tertiary/aromatic N) is 2. The number of hydrogen-bond acceptors (Lipinski definition) is 3. The number of nitrogens with two attached hydrogens (primary N) is 1. The zero-order valence-electron chi connectivity index (χ0n) is 14.5. The van der Waals surface area contributed by atoms with Gasteiger partial charge in [0.05, 0.1) is 12.6 Å². The molecule has 0 fully saturated rings. The summed E-state index contributed by atoms with van der Waals surface area (Å²) in [6, 6.07) is 7.87. The maximum Gasteiger partial charge on any atom is 0.237 e. The van der Waals surface area contributed by atoms with E-state index in [0.717, 1.165) is 5.56 Å². The molecule has 23 heavy (non-hydrogen) atoms. The van der Waals surface area contributed by atoms with E-state index in [9.17, 15) is 9.59 Å². The van der Waals surface area contributed by atoms with E-state index in [1.54, 1.807) is 0 Å². The van der Waals surface area contributed by atoms with Crippen molar-refractivity contribution in [1.82, 2.24) is 9.80 Å². The topological polar surface area (TPSA) is 66.6 Å². The third kappa shape index (κ3) is 3.91. The molecule has 5 heteroatoms. The molecule has 0 saturated carbocycles. The van der Waals surface area contributed by atoms with Crippen LogP contribution in [0.2, 0.25) is 0 Å². The molecular formula is C18H27N3O2. The van der Waals surface area contributed by atoms with Crippen molar-refractivity contribution in [1.29, 1.82) is 0 Å². The average molecular weight is 317 g/mol. The van der Waals surface area contributed by atoms with Crippen molar-refractivity contribution >= 4 is 11.8 Å². The smallest absolute Gasteiger partial charge is 0.237 e. The number of rotatable bonds is 5. The highest BCUT2D eigenvalue weighted by atomic mass is 16.2. The lowest BCUT2D eigenvalue weighted by Crippen LogP contribution is -2.54. The lowest BCUT2D eigenvalue weighted by atomic mass is 9.93. The maximum absolute atomic E-state index is 12.7. The van der Waals surface area contributed by atoms with Crippen LogP contribution in [0.25, 0.3) is 0 Å². The van der Waals surface area contributed by atoms with Gasteiger partial charge in [-0.2, -0.15) is 0 Å². The summed E-state index contributed by atoms with van der Waals surface area (Å²) in [7, 11) is 0. The minimum Gasteiger partial charge on any atom is -0.368 e. The molecule has 0 aromatic heterocycles. The maximum atomic E-state index is 12.7. The highest BCUT2D eigenvalue weighted by Crippen LogP contribution is 2.23. The predicted molar refractivity (Wildman–Crippen MR) is 90.7 cm³/mol. The Balaban J connectivity index is 2.20. The van der Waals surface area contributed by atoms with E-state index in [-0.39, 0.29) is 30.4 Å². The zero-order chi connectivity index (χ0) is 17.1. The summed E-state index contributed by atoms with van der Waals surface area (Å²) in [5, 5.41) is 0. The monoisotopic (exact) mass is 317 g/mol. The standard InChI is InChI=1S/C18H27N3O2/c1-12(2)21(13(3)4)17(22)11-20-10-15-8-6-5-7-14(15)9-16(20)18(19)23/h5-8,12-13,16H,9-11H2,1-4H3,(H2,19,23)/t16-/m0/s1. The van der Waals surface area contributed by atoms with Gasteiger partial charge in [-0.3, -0.25) is 14.5 Å². The molecule has 1 heterocycles. The van der Waals surface area contributed by atoms with Gasteiger partial charge in [0, 0.05) is 18.6 Å². The second-order valence-corrected chi connectivity index (χ2v) is 6.78. The van der Waals surface area contributed by atoms with Crippen LogP contribution in [0.1, 0.15) is 38.8 Å². The molecule has 0 saturated heterocycles. The summed E-state index contributed by atoms with van der Waals surface area (Å²) in [6.07, 6.45) is 0.572. The molecule has 1 aromatic rings. The van der Waals surface area contributed by atoms with Gasteiger partial charge in [-0.15, -0.1) is 0 Å². The van der Waals surface area contributed by atoms with Gasteiger partial charge in [0.2, 0.25) is 11.8 Å². The summed E-state index contributed by atoms with van der Waals surface area (Å²) >= 11 is 0. The number of carbonyl (C=O) groups is 2. The van der Waals surface area contributed by atoms with Crippen LogP contribution < -0.4 is 5.73 Å². The summed E-state index contributed by atoms with van der Waals surface area (Å²) in [5.41, 5.74) is 7.89. The molecule has 0 bridgehead atoms. The Morgan fingerprint density at radius 2 is 1.74 bits per heavy atom. The SMILES string of the molecule is CC(C)N(C(=O)CN1Cc2ccccc2C[C@H]1C(N)=O)C(C)C. The summed E-state index contributed by atoms with van der Waals surface area (Å²) in [5.74, 6) is -0.325. The fourth-order valence-corrected chi connectivity index (χ4v) is 3.45. The molecule has 0 spiro atoms. The summed E-state index contributed by atoms with van der Waals surface area (Å²) < 4.78 is 0. The third-order valence-electron chi connectivity index (χ3n) is 4.41. The van der Waals surface area contributed by atoms with Gasteiger partial charge >= 0.3 is 0 Å². The molecule has 1 aromatic carbocycles. The summed E-state index contributed by atoms with van der Waals surface area (Å²) in [6.45, 7) is 8.84. The number of amides is 2. The highest BCUT2D eigenvalue weighted by Gasteiger charge is 2.33. The van der Waals surface area contributed by atoms with Crippen LogP contribution in [0, 0.1) is 0 Å². The number of hydrogen-bond donors (Lipinski definition) is 1. The van der Waals surface area contributed by atoms with Gasteiger partial charge in [-0.25, -0.2) is 0 Å². The molecular weight excluding hydrogens is 290 g/mol. The minimum atomic E-state index is -0.421. The van der Waals surface area contributed by atoms with E-state index < -0.39 is 6.04 Å². The van der Waals surface area contributed by atoms with Crippen molar-refractivity contribution in [2.75, 3.05) is 6.54 Å². The van der Waals surface area contributed by atoms with Gasteiger partial charge in [0.1, 0.15) is 0 Å². The normalized spacial score (nSPS) is 18.1. The molecule has 5 nitrogen and oxygen atoms in total. The third-order valence-corrected chi connectivity index (χ3v) is 4.41. The Labute approximate surface area is 138 Å². The molecule has 126 valence electrons. The largest absolute Gasteiger partial charge is 0.368 e. The van der Waals surface area contributed by atoms with Gasteiger partial charge in [-0.1, -0.05) is 24.3 Å². The van der Waals surface area contributed by atoms with Crippen molar-refractivity contribution in [3.63, 3.8) is 0 Å². The number of benzene rings is 1. The molecule has 0 unspecified atom stereocenters. The first-order valence-electron chi connectivity index (χ1n) is 8.22. The van der Waals surface area contributed by atoms with E-state index in [1.165, 1.54) is 5.56 Å². The molecule has 1 atom stereocenters. The molecule has 2 amide bonds. The molecule has 0 radical (unpaired) electrons. The van der Waals surface area contributed by atoms with Crippen molar-refractivity contribution in [3.8, 4) is 0 Å². The van der Waals surface area contributed by atoms with Crippen LogP contribution in [0.5, 0.6) is 0 Å².